The molecule has 9 rings (SSSR count). The van der Waals surface area contributed by atoms with Gasteiger partial charge in [0.1, 0.15) is 0 Å². The quantitative estimate of drug-likeness (QED) is 0.168. The van der Waals surface area contributed by atoms with Crippen LogP contribution in [0.4, 0.5) is 17.1 Å². The summed E-state index contributed by atoms with van der Waals surface area (Å²) in [6.07, 6.45) is 1.91. The molecule has 0 amide bonds. The summed E-state index contributed by atoms with van der Waals surface area (Å²) in [7, 11) is 0. The Kier molecular flexibility index (Phi) is 7.86. The van der Waals surface area contributed by atoms with E-state index in [1.807, 2.05) is 6.20 Å². The molecular weight excluding hydrogens is 629 g/mol. The van der Waals surface area contributed by atoms with Crippen LogP contribution < -0.4 is 4.90 Å². The minimum absolute atomic E-state index is 0.0853. The smallest absolute Gasteiger partial charge is 0.0752 e. The van der Waals surface area contributed by atoms with Gasteiger partial charge in [0.25, 0.3) is 0 Å². The van der Waals surface area contributed by atoms with Gasteiger partial charge in [-0.25, -0.2) is 0 Å². The fourth-order valence-electron chi connectivity index (χ4n) is 7.81. The van der Waals surface area contributed by atoms with Crippen LogP contribution in [-0.2, 0) is 5.41 Å². The van der Waals surface area contributed by atoms with Crippen LogP contribution in [0.5, 0.6) is 0 Å². The van der Waals surface area contributed by atoms with Crippen LogP contribution in [0.2, 0.25) is 0 Å². The van der Waals surface area contributed by atoms with Gasteiger partial charge in [-0.2, -0.15) is 0 Å². The SMILES string of the molecule is CC1(C)c2cccnc2-c2c(-c3cccc(-c4ccc(N(c5ccc(-c6ccccc6)cc5)c5ccc(-c6ccccc6)cc5)cc4)c3)cccc21. The second-order valence-corrected chi connectivity index (χ2v) is 14.0. The van der Waals surface area contributed by atoms with E-state index in [0.717, 1.165) is 22.8 Å². The summed E-state index contributed by atoms with van der Waals surface area (Å²) in [5.74, 6) is 0. The molecule has 1 aromatic heterocycles. The Morgan fingerprint density at radius 1 is 0.385 bits per heavy atom. The van der Waals surface area contributed by atoms with Crippen molar-refractivity contribution in [3.8, 4) is 55.8 Å². The maximum Gasteiger partial charge on any atom is 0.0752 e. The summed E-state index contributed by atoms with van der Waals surface area (Å²) in [6.45, 7) is 4.61. The lowest BCUT2D eigenvalue weighted by Gasteiger charge is -2.26. The molecule has 2 nitrogen and oxygen atoms in total. The van der Waals surface area contributed by atoms with E-state index in [-0.39, 0.29) is 5.41 Å². The summed E-state index contributed by atoms with van der Waals surface area (Å²) in [4.78, 5) is 7.21. The third kappa shape index (κ3) is 5.59. The van der Waals surface area contributed by atoms with Crippen LogP contribution in [0.1, 0.15) is 25.0 Å². The number of pyridine rings is 1. The molecule has 0 fully saturated rings. The number of benzene rings is 7. The highest BCUT2D eigenvalue weighted by atomic mass is 15.1. The molecule has 1 aliphatic carbocycles. The van der Waals surface area contributed by atoms with E-state index in [1.165, 1.54) is 61.2 Å². The van der Waals surface area contributed by atoms with E-state index in [1.54, 1.807) is 0 Å². The van der Waals surface area contributed by atoms with E-state index >= 15 is 0 Å². The number of rotatable bonds is 7. The lowest BCUT2D eigenvalue weighted by Crippen LogP contribution is -2.14. The molecule has 1 heterocycles. The van der Waals surface area contributed by atoms with Gasteiger partial charge in [-0.1, -0.05) is 153 Å². The van der Waals surface area contributed by atoms with Gasteiger partial charge in [0.2, 0.25) is 0 Å². The largest absolute Gasteiger partial charge is 0.311 e. The molecule has 7 aromatic carbocycles. The van der Waals surface area contributed by atoms with E-state index in [2.05, 4.69) is 207 Å². The molecule has 0 N–H and O–H groups in total. The standard InChI is InChI=1S/C50H38N2/c1-50(2)46-19-10-18-45(48(46)49-47(50)20-11-33-51-49)41-17-9-16-40(34-41)39-25-31-44(32-26-39)52(42-27-21-37(22-28-42)35-12-5-3-6-13-35)43-29-23-38(24-30-43)36-14-7-4-8-15-36/h3-34H,1-2H3. The second-order valence-electron chi connectivity index (χ2n) is 14.0. The molecule has 0 saturated carbocycles. The van der Waals surface area contributed by atoms with Crippen molar-refractivity contribution in [1.29, 1.82) is 0 Å². The fourth-order valence-corrected chi connectivity index (χ4v) is 7.81. The normalized spacial score (nSPS) is 12.6. The Hall–Kier alpha value is -6.51. The van der Waals surface area contributed by atoms with E-state index < -0.39 is 0 Å². The molecular formula is C50H38N2. The maximum atomic E-state index is 4.87. The van der Waals surface area contributed by atoms with Crippen molar-refractivity contribution in [1.82, 2.24) is 4.98 Å². The van der Waals surface area contributed by atoms with Crippen molar-refractivity contribution in [2.45, 2.75) is 19.3 Å². The molecule has 0 unspecified atom stereocenters. The Morgan fingerprint density at radius 2 is 0.827 bits per heavy atom. The summed E-state index contributed by atoms with van der Waals surface area (Å²) >= 11 is 0. The fraction of sp³-hybridized carbons (Fsp3) is 0.0600. The zero-order valence-corrected chi connectivity index (χ0v) is 29.4. The van der Waals surface area contributed by atoms with Gasteiger partial charge >= 0.3 is 0 Å². The number of nitrogens with zero attached hydrogens (tertiary/aromatic N) is 2. The van der Waals surface area contributed by atoms with Crippen molar-refractivity contribution in [2.75, 3.05) is 4.90 Å². The molecule has 0 radical (unpaired) electrons. The molecule has 248 valence electrons. The topological polar surface area (TPSA) is 16.1 Å². The van der Waals surface area contributed by atoms with E-state index in [4.69, 9.17) is 4.98 Å². The van der Waals surface area contributed by atoms with Crippen molar-refractivity contribution < 1.29 is 0 Å². The molecule has 8 aromatic rings. The highest BCUT2D eigenvalue weighted by Crippen LogP contribution is 2.51. The van der Waals surface area contributed by atoms with Gasteiger partial charge in [0.15, 0.2) is 0 Å². The molecule has 52 heavy (non-hydrogen) atoms. The van der Waals surface area contributed by atoms with Crippen LogP contribution >= 0.6 is 0 Å². The third-order valence-corrected chi connectivity index (χ3v) is 10.6. The molecule has 0 atom stereocenters. The van der Waals surface area contributed by atoms with Crippen LogP contribution in [0.15, 0.2) is 194 Å². The summed E-state index contributed by atoms with van der Waals surface area (Å²) in [6, 6.07) is 67.7. The first kappa shape index (κ1) is 31.5. The minimum atomic E-state index is -0.0853. The Morgan fingerprint density at radius 3 is 1.38 bits per heavy atom. The van der Waals surface area contributed by atoms with E-state index in [0.29, 0.717) is 0 Å². The van der Waals surface area contributed by atoms with Crippen molar-refractivity contribution in [3.63, 3.8) is 0 Å². The first-order chi connectivity index (χ1) is 25.5. The predicted molar refractivity (Wildman–Crippen MR) is 218 cm³/mol. The Labute approximate surface area is 306 Å². The summed E-state index contributed by atoms with van der Waals surface area (Å²) in [5, 5.41) is 0. The first-order valence-corrected chi connectivity index (χ1v) is 18.0. The van der Waals surface area contributed by atoms with Gasteiger partial charge in [0.05, 0.1) is 5.69 Å². The number of anilines is 3. The third-order valence-electron chi connectivity index (χ3n) is 10.6. The monoisotopic (exact) mass is 666 g/mol. The number of hydrogen-bond acceptors (Lipinski definition) is 2. The number of fused-ring (bicyclic) bond motifs is 3. The average Bonchev–Trinajstić information content (AvgIpc) is 3.45. The van der Waals surface area contributed by atoms with Crippen LogP contribution in [0, 0.1) is 0 Å². The first-order valence-electron chi connectivity index (χ1n) is 18.0. The molecule has 0 spiro atoms. The number of aromatic nitrogens is 1. The van der Waals surface area contributed by atoms with Gasteiger partial charge in [0, 0.05) is 34.2 Å². The van der Waals surface area contributed by atoms with Gasteiger partial charge in [-0.3, -0.25) is 4.98 Å². The molecule has 0 bridgehead atoms. The summed E-state index contributed by atoms with van der Waals surface area (Å²) < 4.78 is 0. The highest BCUT2D eigenvalue weighted by molar-refractivity contribution is 5.92. The van der Waals surface area contributed by atoms with Crippen molar-refractivity contribution >= 4 is 17.1 Å². The lowest BCUT2D eigenvalue weighted by atomic mass is 9.82. The Bertz CT molecular complexity index is 2410. The summed E-state index contributed by atoms with van der Waals surface area (Å²) in [5.41, 5.74) is 17.8. The van der Waals surface area contributed by atoms with E-state index in [9.17, 15) is 0 Å². The van der Waals surface area contributed by atoms with Crippen LogP contribution in [-0.4, -0.2) is 4.98 Å². The van der Waals surface area contributed by atoms with Gasteiger partial charge in [-0.15, -0.1) is 0 Å². The number of hydrogen-bond donors (Lipinski definition) is 0. The average molecular weight is 667 g/mol. The zero-order valence-electron chi connectivity index (χ0n) is 29.4. The highest BCUT2D eigenvalue weighted by Gasteiger charge is 2.37. The predicted octanol–water partition coefficient (Wildman–Crippen LogP) is 13.5. The van der Waals surface area contributed by atoms with Gasteiger partial charge < -0.3 is 4.90 Å². The molecule has 2 heteroatoms. The van der Waals surface area contributed by atoms with Crippen LogP contribution in [0.25, 0.3) is 55.8 Å². The zero-order chi connectivity index (χ0) is 35.1. The van der Waals surface area contributed by atoms with Crippen LogP contribution in [0.3, 0.4) is 0 Å². The molecule has 0 aliphatic heterocycles. The second kappa shape index (κ2) is 13.0. The van der Waals surface area contributed by atoms with Crippen molar-refractivity contribution in [2.24, 2.45) is 0 Å². The molecule has 0 saturated heterocycles. The lowest BCUT2D eigenvalue weighted by molar-refractivity contribution is 0.659. The molecule has 1 aliphatic rings. The Balaban J connectivity index is 1.07. The van der Waals surface area contributed by atoms with Gasteiger partial charge in [-0.05, 0) is 104 Å². The van der Waals surface area contributed by atoms with Crippen molar-refractivity contribution in [3.05, 3.63) is 205 Å². The minimum Gasteiger partial charge on any atom is -0.311 e. The maximum absolute atomic E-state index is 4.87.